The van der Waals surface area contributed by atoms with Crippen LogP contribution in [0.3, 0.4) is 0 Å². The molecule has 0 bridgehead atoms. The van der Waals surface area contributed by atoms with Gasteiger partial charge in [-0.3, -0.25) is 4.79 Å². The van der Waals surface area contributed by atoms with Crippen molar-refractivity contribution < 1.29 is 13.9 Å². The number of carbonyl (C=O) groups excluding carboxylic acids is 1. The number of hydrazone groups is 1. The van der Waals surface area contributed by atoms with E-state index in [4.69, 9.17) is 16.3 Å². The van der Waals surface area contributed by atoms with E-state index in [1.807, 2.05) is 42.5 Å². The van der Waals surface area contributed by atoms with Crippen LogP contribution in [0.5, 0.6) is 5.75 Å². The van der Waals surface area contributed by atoms with Crippen LogP contribution in [0.1, 0.15) is 15.2 Å². The minimum atomic E-state index is -0.426. The lowest BCUT2D eigenvalue weighted by Gasteiger charge is -2.00. The summed E-state index contributed by atoms with van der Waals surface area (Å²) in [6.45, 7) is 0. The zero-order valence-electron chi connectivity index (χ0n) is 18.4. The Bertz CT molecular complexity index is 1550. The summed E-state index contributed by atoms with van der Waals surface area (Å²) in [5, 5.41) is 9.94. The quantitative estimate of drug-likeness (QED) is 0.217. The monoisotopic (exact) mass is 504 g/mol. The molecule has 0 fully saturated rings. The molecule has 174 valence electrons. The molecule has 9 heteroatoms. The number of halogens is 2. The van der Waals surface area contributed by atoms with Crippen molar-refractivity contribution in [2.45, 2.75) is 0 Å². The summed E-state index contributed by atoms with van der Waals surface area (Å²) in [7, 11) is 1.58. The van der Waals surface area contributed by atoms with E-state index in [9.17, 15) is 9.18 Å². The molecule has 0 saturated carbocycles. The Balaban J connectivity index is 1.43. The normalized spacial score (nSPS) is 11.3. The maximum atomic E-state index is 13.5. The van der Waals surface area contributed by atoms with Gasteiger partial charge in [-0.05, 0) is 54.6 Å². The first-order valence-corrected chi connectivity index (χ1v) is 11.7. The Morgan fingerprint density at radius 3 is 2.66 bits per heavy atom. The molecule has 1 N–H and O–H groups in total. The number of thiophene rings is 1. The van der Waals surface area contributed by atoms with Crippen LogP contribution >= 0.6 is 22.9 Å². The largest absolute Gasteiger partial charge is 0.497 e. The van der Waals surface area contributed by atoms with Crippen LogP contribution in [-0.4, -0.2) is 29.0 Å². The molecule has 2 heterocycles. The molecule has 6 nitrogen and oxygen atoms in total. The molecule has 1 amide bonds. The summed E-state index contributed by atoms with van der Waals surface area (Å²) in [6.07, 6.45) is 3.30. The van der Waals surface area contributed by atoms with E-state index in [0.717, 1.165) is 21.3 Å². The maximum Gasteiger partial charge on any atom is 0.283 e. The van der Waals surface area contributed by atoms with E-state index < -0.39 is 5.91 Å². The summed E-state index contributed by atoms with van der Waals surface area (Å²) < 4.78 is 21.3. The third-order valence-electron chi connectivity index (χ3n) is 5.29. The first kappa shape index (κ1) is 22.8. The minimum Gasteiger partial charge on any atom is -0.497 e. The standard InChI is InChI=1S/C26H18ClFN4O2S/c1-34-20-11-12-21-22(13-20)35-25(23(21)27)26(33)30-29-14-17-15-32(19-5-3-2-4-6-19)31-24(17)16-7-9-18(28)10-8-16/h2-15H,1H3,(H,30,33)/b29-14+. The molecule has 0 saturated heterocycles. The number of nitrogens with zero attached hydrogens (tertiary/aromatic N) is 3. The van der Waals surface area contributed by atoms with Gasteiger partial charge in [0.15, 0.2) is 0 Å². The third-order valence-corrected chi connectivity index (χ3v) is 6.95. The SMILES string of the molecule is COc1ccc2c(Cl)c(C(=O)N/N=C/c3cn(-c4ccccc4)nc3-c3ccc(F)cc3)sc2c1. The van der Waals surface area contributed by atoms with Crippen LogP contribution in [0.25, 0.3) is 27.0 Å². The van der Waals surface area contributed by atoms with E-state index in [1.165, 1.54) is 29.7 Å². The lowest BCUT2D eigenvalue weighted by atomic mass is 10.1. The molecule has 2 aromatic heterocycles. The van der Waals surface area contributed by atoms with Gasteiger partial charge in [-0.25, -0.2) is 14.5 Å². The first-order chi connectivity index (χ1) is 17.0. The molecule has 0 unspecified atom stereocenters. The number of methoxy groups -OCH3 is 1. The van der Waals surface area contributed by atoms with Crippen molar-refractivity contribution in [1.29, 1.82) is 0 Å². The van der Waals surface area contributed by atoms with Gasteiger partial charge in [0.1, 0.15) is 22.1 Å². The second-order valence-electron chi connectivity index (χ2n) is 7.53. The number of hydrogen-bond donors (Lipinski definition) is 1. The van der Waals surface area contributed by atoms with Crippen LogP contribution in [0.2, 0.25) is 5.02 Å². The van der Waals surface area contributed by atoms with E-state index in [1.54, 1.807) is 36.2 Å². The molecular formula is C26H18ClFN4O2S. The predicted octanol–water partition coefficient (Wildman–Crippen LogP) is 6.32. The van der Waals surface area contributed by atoms with Gasteiger partial charge >= 0.3 is 0 Å². The second-order valence-corrected chi connectivity index (χ2v) is 8.96. The van der Waals surface area contributed by atoms with Crippen molar-refractivity contribution in [2.75, 3.05) is 7.11 Å². The molecule has 35 heavy (non-hydrogen) atoms. The number of carbonyl (C=O) groups is 1. The fourth-order valence-electron chi connectivity index (χ4n) is 3.56. The Morgan fingerprint density at radius 2 is 1.91 bits per heavy atom. The van der Waals surface area contributed by atoms with Crippen LogP contribution in [-0.2, 0) is 0 Å². The Morgan fingerprint density at radius 1 is 1.14 bits per heavy atom. The zero-order chi connectivity index (χ0) is 24.4. The number of amides is 1. The van der Waals surface area contributed by atoms with Gasteiger partial charge in [0.05, 0.1) is 24.0 Å². The van der Waals surface area contributed by atoms with Crippen LogP contribution in [0.15, 0.2) is 84.1 Å². The highest BCUT2D eigenvalue weighted by Crippen LogP contribution is 2.37. The van der Waals surface area contributed by atoms with Crippen molar-refractivity contribution in [2.24, 2.45) is 5.10 Å². The second kappa shape index (κ2) is 9.69. The van der Waals surface area contributed by atoms with E-state index >= 15 is 0 Å². The summed E-state index contributed by atoms with van der Waals surface area (Å²) in [4.78, 5) is 13.2. The van der Waals surface area contributed by atoms with Crippen molar-refractivity contribution >= 4 is 45.1 Å². The molecular weight excluding hydrogens is 487 g/mol. The van der Waals surface area contributed by atoms with E-state index in [-0.39, 0.29) is 5.82 Å². The van der Waals surface area contributed by atoms with Crippen molar-refractivity contribution in [3.8, 4) is 22.7 Å². The number of ether oxygens (including phenoxy) is 1. The smallest absolute Gasteiger partial charge is 0.283 e. The number of fused-ring (bicyclic) bond motifs is 1. The van der Waals surface area contributed by atoms with Gasteiger partial charge in [-0.2, -0.15) is 10.2 Å². The molecule has 5 rings (SSSR count). The third kappa shape index (κ3) is 4.66. The zero-order valence-corrected chi connectivity index (χ0v) is 20.0. The van der Waals surface area contributed by atoms with Crippen molar-refractivity contribution in [1.82, 2.24) is 15.2 Å². The lowest BCUT2D eigenvalue weighted by molar-refractivity contribution is 0.0959. The fourth-order valence-corrected chi connectivity index (χ4v) is 4.99. The number of hydrogen-bond acceptors (Lipinski definition) is 5. The number of aromatic nitrogens is 2. The fraction of sp³-hybridized carbons (Fsp3) is 0.0385. The van der Waals surface area contributed by atoms with Gasteiger partial charge < -0.3 is 4.74 Å². The predicted molar refractivity (Wildman–Crippen MR) is 137 cm³/mol. The molecule has 0 aliphatic rings. The highest BCUT2D eigenvalue weighted by atomic mass is 35.5. The van der Waals surface area contributed by atoms with Gasteiger partial charge in [-0.1, -0.05) is 29.8 Å². The molecule has 5 aromatic rings. The summed E-state index contributed by atoms with van der Waals surface area (Å²) in [5.74, 6) is -0.0779. The summed E-state index contributed by atoms with van der Waals surface area (Å²) >= 11 is 7.71. The average Bonchev–Trinajstić information content (AvgIpc) is 3.46. The van der Waals surface area contributed by atoms with Gasteiger partial charge in [0.2, 0.25) is 0 Å². The van der Waals surface area contributed by atoms with Crippen LogP contribution in [0, 0.1) is 5.82 Å². The first-order valence-electron chi connectivity index (χ1n) is 10.5. The Labute approximate surface area is 209 Å². The Kier molecular flexibility index (Phi) is 6.31. The van der Waals surface area contributed by atoms with E-state index in [0.29, 0.717) is 26.9 Å². The molecule has 3 aromatic carbocycles. The summed E-state index contributed by atoms with van der Waals surface area (Å²) in [5.41, 5.74) is 5.36. The molecule has 0 spiro atoms. The molecule has 0 radical (unpaired) electrons. The average molecular weight is 505 g/mol. The van der Waals surface area contributed by atoms with Gasteiger partial charge in [0.25, 0.3) is 5.91 Å². The van der Waals surface area contributed by atoms with Crippen LogP contribution < -0.4 is 10.2 Å². The topological polar surface area (TPSA) is 68.5 Å². The van der Waals surface area contributed by atoms with Gasteiger partial charge in [-0.15, -0.1) is 11.3 Å². The lowest BCUT2D eigenvalue weighted by Crippen LogP contribution is -2.16. The highest BCUT2D eigenvalue weighted by Gasteiger charge is 2.17. The maximum absolute atomic E-state index is 13.5. The van der Waals surface area contributed by atoms with Crippen LogP contribution in [0.4, 0.5) is 4.39 Å². The number of benzene rings is 3. The van der Waals surface area contributed by atoms with Crippen molar-refractivity contribution in [3.05, 3.63) is 100 Å². The molecule has 0 aliphatic heterocycles. The number of para-hydroxylation sites is 1. The highest BCUT2D eigenvalue weighted by molar-refractivity contribution is 7.21. The summed E-state index contributed by atoms with van der Waals surface area (Å²) in [6, 6.07) is 21.1. The van der Waals surface area contributed by atoms with E-state index in [2.05, 4.69) is 15.6 Å². The minimum absolute atomic E-state index is 0.337. The molecule has 0 atom stereocenters. The number of rotatable bonds is 6. The van der Waals surface area contributed by atoms with Gasteiger partial charge in [0, 0.05) is 27.4 Å². The molecule has 0 aliphatic carbocycles. The number of nitrogens with one attached hydrogen (secondary N) is 1. The van der Waals surface area contributed by atoms with Crippen molar-refractivity contribution in [3.63, 3.8) is 0 Å². The Hall–Kier alpha value is -4.01.